The van der Waals surface area contributed by atoms with Crippen molar-refractivity contribution in [1.82, 2.24) is 14.9 Å². The molecule has 0 spiro atoms. The molecule has 0 amide bonds. The van der Waals surface area contributed by atoms with Gasteiger partial charge in [-0.3, -0.25) is 0 Å². The Kier molecular flexibility index (Phi) is 3.08. The second-order valence-corrected chi connectivity index (χ2v) is 3.93. The van der Waals surface area contributed by atoms with Gasteiger partial charge in [-0.25, -0.2) is 4.68 Å². The van der Waals surface area contributed by atoms with E-state index in [0.717, 1.165) is 5.56 Å². The summed E-state index contributed by atoms with van der Waals surface area (Å²) in [5.41, 5.74) is 0.904. The average Bonchev–Trinajstić information content (AvgIpc) is 2.69. The van der Waals surface area contributed by atoms with Crippen LogP contribution < -0.4 is 5.84 Å². The van der Waals surface area contributed by atoms with Crippen molar-refractivity contribution in [2.45, 2.75) is 5.16 Å². The molecular formula is C10H9N5S. The summed E-state index contributed by atoms with van der Waals surface area (Å²) in [6, 6.07) is 11.6. The molecule has 1 heterocycles. The fourth-order valence-electron chi connectivity index (χ4n) is 1.26. The molecule has 0 fully saturated rings. The predicted molar refractivity (Wildman–Crippen MR) is 61.9 cm³/mol. The molecule has 0 aliphatic heterocycles. The first kappa shape index (κ1) is 10.5. The van der Waals surface area contributed by atoms with E-state index in [0.29, 0.717) is 16.7 Å². The molecule has 5 nitrogen and oxygen atoms in total. The Morgan fingerprint density at radius 2 is 2.06 bits per heavy atom. The molecule has 0 bridgehead atoms. The highest BCUT2D eigenvalue weighted by Gasteiger charge is 2.10. The normalized spacial score (nSPS) is 9.94. The summed E-state index contributed by atoms with van der Waals surface area (Å²) in [6.07, 6.45) is 0. The molecule has 2 aromatic rings. The summed E-state index contributed by atoms with van der Waals surface area (Å²) in [6.45, 7) is 0. The SMILES string of the molecule is N#CCSc1nnc(-c2ccccc2)n1N. The lowest BCUT2D eigenvalue weighted by molar-refractivity contribution is 0.851. The lowest BCUT2D eigenvalue weighted by atomic mass is 10.2. The van der Waals surface area contributed by atoms with Crippen molar-refractivity contribution in [3.05, 3.63) is 30.3 Å². The average molecular weight is 231 g/mol. The number of thioether (sulfide) groups is 1. The molecule has 80 valence electrons. The van der Waals surface area contributed by atoms with Crippen molar-refractivity contribution in [3.8, 4) is 17.5 Å². The zero-order valence-electron chi connectivity index (χ0n) is 8.37. The van der Waals surface area contributed by atoms with E-state index in [9.17, 15) is 0 Å². The van der Waals surface area contributed by atoms with E-state index in [1.54, 1.807) is 0 Å². The van der Waals surface area contributed by atoms with Gasteiger partial charge in [-0.2, -0.15) is 5.26 Å². The quantitative estimate of drug-likeness (QED) is 0.635. The van der Waals surface area contributed by atoms with Crippen LogP contribution in [0, 0.1) is 11.3 Å². The zero-order valence-corrected chi connectivity index (χ0v) is 9.18. The summed E-state index contributed by atoms with van der Waals surface area (Å²) in [7, 11) is 0. The maximum absolute atomic E-state index is 8.47. The Hall–Kier alpha value is -2.00. The monoisotopic (exact) mass is 231 g/mol. The van der Waals surface area contributed by atoms with Crippen LogP contribution in [0.4, 0.5) is 0 Å². The van der Waals surface area contributed by atoms with Crippen molar-refractivity contribution < 1.29 is 0 Å². The number of rotatable bonds is 3. The van der Waals surface area contributed by atoms with Gasteiger partial charge >= 0.3 is 0 Å². The smallest absolute Gasteiger partial charge is 0.211 e. The van der Waals surface area contributed by atoms with Gasteiger partial charge in [0.25, 0.3) is 0 Å². The Labute approximate surface area is 96.9 Å². The van der Waals surface area contributed by atoms with Crippen molar-refractivity contribution in [2.75, 3.05) is 11.6 Å². The third-order valence-corrected chi connectivity index (χ3v) is 2.77. The number of nitrogens with two attached hydrogens (primary N) is 1. The predicted octanol–water partition coefficient (Wildman–Crippen LogP) is 1.27. The summed E-state index contributed by atoms with van der Waals surface area (Å²) < 4.78 is 1.40. The Bertz CT molecular complexity index is 514. The van der Waals surface area contributed by atoms with Crippen molar-refractivity contribution in [1.29, 1.82) is 5.26 Å². The topological polar surface area (TPSA) is 80.5 Å². The second-order valence-electron chi connectivity index (χ2n) is 2.99. The van der Waals surface area contributed by atoms with Gasteiger partial charge in [0.1, 0.15) is 0 Å². The largest absolute Gasteiger partial charge is 0.335 e. The van der Waals surface area contributed by atoms with Gasteiger partial charge in [-0.1, -0.05) is 42.1 Å². The highest BCUT2D eigenvalue weighted by Crippen LogP contribution is 2.20. The van der Waals surface area contributed by atoms with E-state index in [1.165, 1.54) is 16.4 Å². The van der Waals surface area contributed by atoms with Crippen LogP contribution in [0.3, 0.4) is 0 Å². The first-order valence-corrected chi connectivity index (χ1v) is 5.57. The Morgan fingerprint density at radius 3 is 2.75 bits per heavy atom. The van der Waals surface area contributed by atoms with E-state index in [2.05, 4.69) is 10.2 Å². The highest BCUT2D eigenvalue weighted by molar-refractivity contribution is 7.99. The highest BCUT2D eigenvalue weighted by atomic mass is 32.2. The molecule has 0 unspecified atom stereocenters. The number of nitrogens with zero attached hydrogens (tertiary/aromatic N) is 4. The molecule has 16 heavy (non-hydrogen) atoms. The summed E-state index contributed by atoms with van der Waals surface area (Å²) >= 11 is 1.27. The van der Waals surface area contributed by atoms with Crippen molar-refractivity contribution in [3.63, 3.8) is 0 Å². The maximum Gasteiger partial charge on any atom is 0.211 e. The number of aromatic nitrogens is 3. The van der Waals surface area contributed by atoms with Gasteiger partial charge in [-0.15, -0.1) is 10.2 Å². The first-order chi connectivity index (χ1) is 7.83. The van der Waals surface area contributed by atoms with Crippen molar-refractivity contribution >= 4 is 11.8 Å². The third kappa shape index (κ3) is 1.99. The molecule has 0 aliphatic rings. The lowest BCUT2D eigenvalue weighted by Gasteiger charge is -2.01. The minimum absolute atomic E-state index is 0.310. The number of benzene rings is 1. The molecular weight excluding hydrogens is 222 g/mol. The van der Waals surface area contributed by atoms with Gasteiger partial charge < -0.3 is 5.84 Å². The summed E-state index contributed by atoms with van der Waals surface area (Å²) in [5.74, 6) is 6.75. The van der Waals surface area contributed by atoms with E-state index >= 15 is 0 Å². The standard InChI is InChI=1S/C10H9N5S/c11-6-7-16-10-14-13-9(15(10)12)8-4-2-1-3-5-8/h1-5H,7,12H2. The van der Waals surface area contributed by atoms with Crippen molar-refractivity contribution in [2.24, 2.45) is 0 Å². The van der Waals surface area contributed by atoms with Gasteiger partial charge in [0.05, 0.1) is 11.8 Å². The van der Waals surface area contributed by atoms with Crippen LogP contribution in [-0.2, 0) is 0 Å². The molecule has 0 saturated heterocycles. The number of nitrogen functional groups attached to an aromatic ring is 1. The van der Waals surface area contributed by atoms with E-state index in [4.69, 9.17) is 11.1 Å². The fraction of sp³-hybridized carbons (Fsp3) is 0.100. The van der Waals surface area contributed by atoms with Crippen LogP contribution in [0.5, 0.6) is 0 Å². The first-order valence-electron chi connectivity index (χ1n) is 4.58. The Balaban J connectivity index is 2.31. The molecule has 1 aromatic heterocycles. The van der Waals surface area contributed by atoms with E-state index in [-0.39, 0.29) is 0 Å². The van der Waals surface area contributed by atoms with E-state index < -0.39 is 0 Å². The molecule has 0 radical (unpaired) electrons. The zero-order chi connectivity index (χ0) is 11.4. The van der Waals surface area contributed by atoms with Crippen LogP contribution in [0.15, 0.2) is 35.5 Å². The lowest BCUT2D eigenvalue weighted by Crippen LogP contribution is -2.11. The molecule has 6 heteroatoms. The number of nitriles is 1. The number of hydrogen-bond acceptors (Lipinski definition) is 5. The molecule has 2 rings (SSSR count). The molecule has 1 aromatic carbocycles. The van der Waals surface area contributed by atoms with Crippen LogP contribution in [0.25, 0.3) is 11.4 Å². The van der Waals surface area contributed by atoms with Crippen LogP contribution in [-0.4, -0.2) is 20.6 Å². The van der Waals surface area contributed by atoms with E-state index in [1.807, 2.05) is 36.4 Å². The molecule has 0 saturated carbocycles. The summed E-state index contributed by atoms with van der Waals surface area (Å²) in [4.78, 5) is 0. The molecule has 0 aliphatic carbocycles. The minimum Gasteiger partial charge on any atom is -0.335 e. The van der Waals surface area contributed by atoms with Crippen LogP contribution in [0.2, 0.25) is 0 Å². The van der Waals surface area contributed by atoms with Gasteiger partial charge in [0, 0.05) is 5.56 Å². The minimum atomic E-state index is 0.310. The van der Waals surface area contributed by atoms with Gasteiger partial charge in [0.15, 0.2) is 5.82 Å². The third-order valence-electron chi connectivity index (χ3n) is 1.96. The summed E-state index contributed by atoms with van der Waals surface area (Å²) in [5, 5.41) is 16.9. The van der Waals surface area contributed by atoms with Gasteiger partial charge in [0.2, 0.25) is 5.16 Å². The number of hydrogen-bond donors (Lipinski definition) is 1. The van der Waals surface area contributed by atoms with Gasteiger partial charge in [-0.05, 0) is 0 Å². The molecule has 0 atom stereocenters. The fourth-order valence-corrected chi connectivity index (χ4v) is 1.77. The molecule has 2 N–H and O–H groups in total. The van der Waals surface area contributed by atoms with Crippen LogP contribution >= 0.6 is 11.8 Å². The Morgan fingerprint density at radius 1 is 1.31 bits per heavy atom. The second kappa shape index (κ2) is 4.68. The van der Waals surface area contributed by atoms with Crippen LogP contribution in [0.1, 0.15) is 0 Å². The maximum atomic E-state index is 8.47.